The van der Waals surface area contributed by atoms with Crippen molar-refractivity contribution in [2.45, 2.75) is 20.0 Å². The van der Waals surface area contributed by atoms with Gasteiger partial charge < -0.3 is 10.8 Å². The first-order chi connectivity index (χ1) is 7.07. The normalized spacial score (nSPS) is 15.3. The van der Waals surface area contributed by atoms with Crippen molar-refractivity contribution in [3.05, 3.63) is 29.8 Å². The molecule has 0 aliphatic heterocycles. The number of halogens is 1. The monoisotopic (exact) mass is 212 g/mol. The molecule has 1 heterocycles. The van der Waals surface area contributed by atoms with Gasteiger partial charge in [0.2, 0.25) is 0 Å². The summed E-state index contributed by atoms with van der Waals surface area (Å²) < 4.78 is 13.3. The standard InChI is InChI=1S/C11H17FN2O/c1-7(2)9(5-13)11(15)8-3-4-14-6-10(8)12/h3-4,6-7,9,11,15H,5,13H2,1-2H3. The van der Waals surface area contributed by atoms with E-state index < -0.39 is 11.9 Å². The van der Waals surface area contributed by atoms with Crippen LogP contribution in [0.3, 0.4) is 0 Å². The van der Waals surface area contributed by atoms with Crippen LogP contribution in [0.5, 0.6) is 0 Å². The highest BCUT2D eigenvalue weighted by Crippen LogP contribution is 2.28. The summed E-state index contributed by atoms with van der Waals surface area (Å²) in [5, 5.41) is 9.98. The first-order valence-corrected chi connectivity index (χ1v) is 5.05. The summed E-state index contributed by atoms with van der Waals surface area (Å²) >= 11 is 0. The Morgan fingerprint density at radius 1 is 1.53 bits per heavy atom. The molecule has 0 aliphatic carbocycles. The molecule has 15 heavy (non-hydrogen) atoms. The zero-order chi connectivity index (χ0) is 11.4. The number of rotatable bonds is 4. The van der Waals surface area contributed by atoms with Crippen molar-refractivity contribution in [1.82, 2.24) is 4.98 Å². The lowest BCUT2D eigenvalue weighted by atomic mass is 9.87. The summed E-state index contributed by atoms with van der Waals surface area (Å²) in [6.45, 7) is 4.25. The molecule has 0 fully saturated rings. The van der Waals surface area contributed by atoms with E-state index in [-0.39, 0.29) is 17.4 Å². The van der Waals surface area contributed by atoms with E-state index in [1.54, 1.807) is 0 Å². The summed E-state index contributed by atoms with van der Waals surface area (Å²) in [6.07, 6.45) is 1.71. The Hall–Kier alpha value is -1.00. The second-order valence-electron chi connectivity index (χ2n) is 3.99. The molecule has 1 rings (SSSR count). The van der Waals surface area contributed by atoms with Crippen LogP contribution in [-0.2, 0) is 0 Å². The van der Waals surface area contributed by atoms with Crippen LogP contribution in [0, 0.1) is 17.7 Å². The van der Waals surface area contributed by atoms with Gasteiger partial charge in [-0.05, 0) is 18.5 Å². The Labute approximate surface area is 89.1 Å². The largest absolute Gasteiger partial charge is 0.388 e. The molecule has 0 amide bonds. The minimum atomic E-state index is -0.863. The quantitative estimate of drug-likeness (QED) is 0.794. The minimum Gasteiger partial charge on any atom is -0.388 e. The molecule has 0 radical (unpaired) electrons. The van der Waals surface area contributed by atoms with E-state index in [1.165, 1.54) is 12.3 Å². The summed E-state index contributed by atoms with van der Waals surface area (Å²) in [7, 11) is 0. The van der Waals surface area contributed by atoms with Gasteiger partial charge in [0, 0.05) is 17.7 Å². The molecule has 0 saturated heterocycles. The van der Waals surface area contributed by atoms with E-state index in [1.807, 2.05) is 13.8 Å². The average molecular weight is 212 g/mol. The Balaban J connectivity index is 2.92. The number of aliphatic hydroxyl groups excluding tert-OH is 1. The summed E-state index contributed by atoms with van der Waals surface area (Å²) in [5.41, 5.74) is 5.84. The number of nitrogens with two attached hydrogens (primary N) is 1. The SMILES string of the molecule is CC(C)C(CN)C(O)c1ccncc1F. The van der Waals surface area contributed by atoms with Gasteiger partial charge in [0.05, 0.1) is 12.3 Å². The topological polar surface area (TPSA) is 59.1 Å². The van der Waals surface area contributed by atoms with Gasteiger partial charge in [-0.25, -0.2) is 4.39 Å². The van der Waals surface area contributed by atoms with Gasteiger partial charge >= 0.3 is 0 Å². The van der Waals surface area contributed by atoms with Crippen molar-refractivity contribution in [2.24, 2.45) is 17.6 Å². The van der Waals surface area contributed by atoms with Gasteiger partial charge in [0.15, 0.2) is 0 Å². The molecule has 0 aromatic carbocycles. The maximum atomic E-state index is 13.3. The molecule has 4 heteroatoms. The van der Waals surface area contributed by atoms with Crippen LogP contribution in [0.15, 0.2) is 18.5 Å². The van der Waals surface area contributed by atoms with Gasteiger partial charge in [-0.2, -0.15) is 0 Å². The molecule has 1 aromatic heterocycles. The predicted molar refractivity (Wildman–Crippen MR) is 56.5 cm³/mol. The smallest absolute Gasteiger partial charge is 0.147 e. The van der Waals surface area contributed by atoms with E-state index in [9.17, 15) is 9.50 Å². The van der Waals surface area contributed by atoms with Crippen molar-refractivity contribution >= 4 is 0 Å². The fraction of sp³-hybridized carbons (Fsp3) is 0.545. The number of nitrogens with zero attached hydrogens (tertiary/aromatic N) is 1. The van der Waals surface area contributed by atoms with Crippen molar-refractivity contribution in [3.63, 3.8) is 0 Å². The van der Waals surface area contributed by atoms with Crippen LogP contribution >= 0.6 is 0 Å². The number of hydrogen-bond acceptors (Lipinski definition) is 3. The molecule has 0 bridgehead atoms. The van der Waals surface area contributed by atoms with E-state index in [0.29, 0.717) is 6.54 Å². The van der Waals surface area contributed by atoms with E-state index in [0.717, 1.165) is 6.20 Å². The molecule has 3 N–H and O–H groups in total. The van der Waals surface area contributed by atoms with Crippen LogP contribution < -0.4 is 5.73 Å². The molecule has 2 unspecified atom stereocenters. The van der Waals surface area contributed by atoms with Gasteiger partial charge in [0.1, 0.15) is 5.82 Å². The highest BCUT2D eigenvalue weighted by molar-refractivity contribution is 5.16. The van der Waals surface area contributed by atoms with Crippen LogP contribution in [0.4, 0.5) is 4.39 Å². The lowest BCUT2D eigenvalue weighted by Crippen LogP contribution is -2.27. The van der Waals surface area contributed by atoms with Crippen molar-refractivity contribution in [2.75, 3.05) is 6.54 Å². The maximum absolute atomic E-state index is 13.3. The number of hydrogen-bond donors (Lipinski definition) is 2. The third kappa shape index (κ3) is 2.73. The predicted octanol–water partition coefficient (Wildman–Crippen LogP) is 1.49. The van der Waals surface area contributed by atoms with Crippen LogP contribution in [0.2, 0.25) is 0 Å². The van der Waals surface area contributed by atoms with E-state index in [4.69, 9.17) is 5.73 Å². The maximum Gasteiger partial charge on any atom is 0.147 e. The Morgan fingerprint density at radius 2 is 2.20 bits per heavy atom. The molecule has 1 aromatic rings. The lowest BCUT2D eigenvalue weighted by Gasteiger charge is -2.25. The molecular weight excluding hydrogens is 195 g/mol. The molecule has 0 saturated carbocycles. The fourth-order valence-electron chi connectivity index (χ4n) is 1.62. The van der Waals surface area contributed by atoms with Crippen LogP contribution in [-0.4, -0.2) is 16.6 Å². The number of aromatic nitrogens is 1. The molecular formula is C11H17FN2O. The third-order valence-electron chi connectivity index (χ3n) is 2.66. The summed E-state index contributed by atoms with van der Waals surface area (Å²) in [4.78, 5) is 3.64. The van der Waals surface area contributed by atoms with E-state index >= 15 is 0 Å². The Bertz CT molecular complexity index is 317. The average Bonchev–Trinajstić information content (AvgIpc) is 2.18. The fourth-order valence-corrected chi connectivity index (χ4v) is 1.62. The molecule has 3 nitrogen and oxygen atoms in total. The van der Waals surface area contributed by atoms with Crippen molar-refractivity contribution in [1.29, 1.82) is 0 Å². The van der Waals surface area contributed by atoms with Gasteiger partial charge in [0.25, 0.3) is 0 Å². The first kappa shape index (κ1) is 12.1. The van der Waals surface area contributed by atoms with Gasteiger partial charge in [-0.3, -0.25) is 4.98 Å². The number of pyridine rings is 1. The minimum absolute atomic E-state index is 0.137. The second-order valence-corrected chi connectivity index (χ2v) is 3.99. The van der Waals surface area contributed by atoms with Crippen molar-refractivity contribution < 1.29 is 9.50 Å². The summed E-state index contributed by atoms with van der Waals surface area (Å²) in [5.74, 6) is -0.413. The van der Waals surface area contributed by atoms with E-state index in [2.05, 4.69) is 4.98 Å². The molecule has 2 atom stereocenters. The second kappa shape index (κ2) is 5.19. The van der Waals surface area contributed by atoms with Crippen LogP contribution in [0.1, 0.15) is 25.5 Å². The number of aliphatic hydroxyl groups is 1. The lowest BCUT2D eigenvalue weighted by molar-refractivity contribution is 0.0827. The zero-order valence-corrected chi connectivity index (χ0v) is 9.02. The highest BCUT2D eigenvalue weighted by atomic mass is 19.1. The Kier molecular flexibility index (Phi) is 4.17. The van der Waals surface area contributed by atoms with Gasteiger partial charge in [-0.15, -0.1) is 0 Å². The summed E-state index contributed by atoms with van der Waals surface area (Å²) in [6, 6.07) is 1.49. The highest BCUT2D eigenvalue weighted by Gasteiger charge is 2.24. The molecule has 84 valence electrons. The molecule has 0 aliphatic rings. The van der Waals surface area contributed by atoms with Gasteiger partial charge in [-0.1, -0.05) is 13.8 Å². The van der Waals surface area contributed by atoms with Crippen LogP contribution in [0.25, 0.3) is 0 Å². The third-order valence-corrected chi connectivity index (χ3v) is 2.66. The molecule has 0 spiro atoms. The zero-order valence-electron chi connectivity index (χ0n) is 9.02. The van der Waals surface area contributed by atoms with Crippen molar-refractivity contribution in [3.8, 4) is 0 Å². The Morgan fingerprint density at radius 3 is 2.67 bits per heavy atom. The first-order valence-electron chi connectivity index (χ1n) is 5.05.